The number of hydrogen-bond donors (Lipinski definition) is 0. The quantitative estimate of drug-likeness (QED) is 0.703. The SMILES string of the molecule is Fc1ccccc1-c1nnc(-c2ccc(Cl)cc2)o1. The van der Waals surface area contributed by atoms with Crippen molar-refractivity contribution in [2.75, 3.05) is 0 Å². The summed E-state index contributed by atoms with van der Waals surface area (Å²) >= 11 is 5.80. The molecule has 3 aromatic rings. The van der Waals surface area contributed by atoms with Crippen molar-refractivity contribution in [2.45, 2.75) is 0 Å². The van der Waals surface area contributed by atoms with Crippen molar-refractivity contribution >= 4 is 11.6 Å². The smallest absolute Gasteiger partial charge is 0.251 e. The van der Waals surface area contributed by atoms with E-state index in [0.29, 0.717) is 10.9 Å². The second-order valence-electron chi connectivity index (χ2n) is 3.90. The summed E-state index contributed by atoms with van der Waals surface area (Å²) in [5.74, 6) is 0.0896. The number of aromatic nitrogens is 2. The van der Waals surface area contributed by atoms with Crippen LogP contribution in [0, 0.1) is 5.82 Å². The second kappa shape index (κ2) is 4.82. The molecule has 0 bridgehead atoms. The van der Waals surface area contributed by atoms with Crippen LogP contribution in [0.1, 0.15) is 0 Å². The largest absolute Gasteiger partial charge is 0.416 e. The molecule has 0 amide bonds. The molecule has 19 heavy (non-hydrogen) atoms. The average Bonchev–Trinajstić information content (AvgIpc) is 2.89. The van der Waals surface area contributed by atoms with Gasteiger partial charge in [0, 0.05) is 10.6 Å². The lowest BCUT2D eigenvalue weighted by Crippen LogP contribution is -1.82. The molecule has 0 aliphatic carbocycles. The number of benzene rings is 2. The van der Waals surface area contributed by atoms with Crippen molar-refractivity contribution in [3.05, 3.63) is 59.4 Å². The van der Waals surface area contributed by atoms with Gasteiger partial charge < -0.3 is 4.42 Å². The second-order valence-corrected chi connectivity index (χ2v) is 4.34. The van der Waals surface area contributed by atoms with Crippen molar-refractivity contribution in [1.82, 2.24) is 10.2 Å². The van der Waals surface area contributed by atoms with Gasteiger partial charge in [-0.15, -0.1) is 10.2 Å². The molecule has 0 atom stereocenters. The van der Waals surface area contributed by atoms with Gasteiger partial charge in [-0.1, -0.05) is 23.7 Å². The first kappa shape index (κ1) is 11.9. The Morgan fingerprint density at radius 3 is 2.32 bits per heavy atom. The van der Waals surface area contributed by atoms with E-state index >= 15 is 0 Å². The molecule has 0 radical (unpaired) electrons. The van der Waals surface area contributed by atoms with Crippen LogP contribution in [0.25, 0.3) is 22.9 Å². The van der Waals surface area contributed by atoms with E-state index < -0.39 is 5.82 Å². The Morgan fingerprint density at radius 1 is 0.895 bits per heavy atom. The predicted octanol–water partition coefficient (Wildman–Crippen LogP) is 4.20. The van der Waals surface area contributed by atoms with Crippen LogP contribution in [0.5, 0.6) is 0 Å². The third-order valence-electron chi connectivity index (χ3n) is 2.62. The first-order chi connectivity index (χ1) is 9.24. The summed E-state index contributed by atoms with van der Waals surface area (Å²) in [6.07, 6.45) is 0. The van der Waals surface area contributed by atoms with E-state index in [1.807, 2.05) is 0 Å². The van der Waals surface area contributed by atoms with Crippen LogP contribution >= 0.6 is 11.6 Å². The lowest BCUT2D eigenvalue weighted by molar-refractivity contribution is 0.570. The average molecular weight is 275 g/mol. The van der Waals surface area contributed by atoms with Crippen LogP contribution < -0.4 is 0 Å². The molecule has 5 heteroatoms. The van der Waals surface area contributed by atoms with Gasteiger partial charge in [0.05, 0.1) is 5.56 Å². The van der Waals surface area contributed by atoms with Gasteiger partial charge in [0.1, 0.15) is 5.82 Å². The lowest BCUT2D eigenvalue weighted by atomic mass is 10.2. The Labute approximate surface area is 113 Å². The lowest BCUT2D eigenvalue weighted by Gasteiger charge is -1.96. The summed E-state index contributed by atoms with van der Waals surface area (Å²) in [5, 5.41) is 8.39. The van der Waals surface area contributed by atoms with Crippen LogP contribution in [-0.2, 0) is 0 Å². The normalized spacial score (nSPS) is 10.6. The van der Waals surface area contributed by atoms with Gasteiger partial charge >= 0.3 is 0 Å². The van der Waals surface area contributed by atoms with Gasteiger partial charge in [-0.2, -0.15) is 0 Å². The third-order valence-corrected chi connectivity index (χ3v) is 2.87. The number of nitrogens with zero attached hydrogens (tertiary/aromatic N) is 2. The molecule has 3 nitrogen and oxygen atoms in total. The Bertz CT molecular complexity index is 709. The minimum absolute atomic E-state index is 0.156. The molecule has 0 saturated heterocycles. The molecule has 0 saturated carbocycles. The third kappa shape index (κ3) is 2.35. The fraction of sp³-hybridized carbons (Fsp3) is 0. The molecular weight excluding hydrogens is 267 g/mol. The molecule has 3 rings (SSSR count). The highest BCUT2D eigenvalue weighted by molar-refractivity contribution is 6.30. The van der Waals surface area contributed by atoms with E-state index in [1.54, 1.807) is 42.5 Å². The van der Waals surface area contributed by atoms with Gasteiger partial charge in [-0.25, -0.2) is 4.39 Å². The standard InChI is InChI=1S/C14H8ClFN2O/c15-10-7-5-9(6-8-10)13-17-18-14(19-13)11-3-1-2-4-12(11)16/h1-8H. The van der Waals surface area contributed by atoms with E-state index in [-0.39, 0.29) is 11.5 Å². The summed E-state index contributed by atoms with van der Waals surface area (Å²) in [7, 11) is 0. The zero-order valence-electron chi connectivity index (χ0n) is 9.68. The fourth-order valence-corrected chi connectivity index (χ4v) is 1.80. The van der Waals surface area contributed by atoms with Gasteiger partial charge in [-0.3, -0.25) is 0 Å². The first-order valence-electron chi connectivity index (χ1n) is 5.58. The van der Waals surface area contributed by atoms with E-state index in [2.05, 4.69) is 10.2 Å². The molecular formula is C14H8ClFN2O. The predicted molar refractivity (Wildman–Crippen MR) is 70.1 cm³/mol. The van der Waals surface area contributed by atoms with Crippen LogP contribution in [0.3, 0.4) is 0 Å². The maximum atomic E-state index is 13.6. The Hall–Kier alpha value is -2.20. The maximum absolute atomic E-state index is 13.6. The van der Waals surface area contributed by atoms with Gasteiger partial charge in [0.25, 0.3) is 5.89 Å². The molecule has 0 N–H and O–H groups in total. The first-order valence-corrected chi connectivity index (χ1v) is 5.96. The van der Waals surface area contributed by atoms with Gasteiger partial charge in [0.2, 0.25) is 5.89 Å². The molecule has 0 unspecified atom stereocenters. The number of rotatable bonds is 2. The Balaban J connectivity index is 2.00. The summed E-state index contributed by atoms with van der Waals surface area (Å²) in [5.41, 5.74) is 1.02. The van der Waals surface area contributed by atoms with E-state index in [9.17, 15) is 4.39 Å². The minimum atomic E-state index is -0.395. The van der Waals surface area contributed by atoms with Crippen LogP contribution in [0.4, 0.5) is 4.39 Å². The molecule has 2 aromatic carbocycles. The Kier molecular flexibility index (Phi) is 3.01. The topological polar surface area (TPSA) is 38.9 Å². The monoisotopic (exact) mass is 274 g/mol. The van der Waals surface area contributed by atoms with E-state index in [4.69, 9.17) is 16.0 Å². The molecule has 1 aromatic heterocycles. The van der Waals surface area contributed by atoms with Crippen molar-refractivity contribution in [3.63, 3.8) is 0 Å². The van der Waals surface area contributed by atoms with Crippen LogP contribution in [0.15, 0.2) is 52.9 Å². The fourth-order valence-electron chi connectivity index (χ4n) is 1.68. The zero-order valence-corrected chi connectivity index (χ0v) is 10.4. The van der Waals surface area contributed by atoms with Crippen LogP contribution in [0.2, 0.25) is 5.02 Å². The molecule has 0 aliphatic rings. The maximum Gasteiger partial charge on any atom is 0.251 e. The summed E-state index contributed by atoms with van der Waals surface area (Å²) in [4.78, 5) is 0. The molecule has 94 valence electrons. The molecule has 0 aliphatic heterocycles. The molecule has 0 fully saturated rings. The van der Waals surface area contributed by atoms with E-state index in [0.717, 1.165) is 5.56 Å². The summed E-state index contributed by atoms with van der Waals surface area (Å²) < 4.78 is 19.1. The Morgan fingerprint density at radius 2 is 1.58 bits per heavy atom. The number of hydrogen-bond acceptors (Lipinski definition) is 3. The molecule has 1 heterocycles. The summed E-state index contributed by atoms with van der Waals surface area (Å²) in [6.45, 7) is 0. The highest BCUT2D eigenvalue weighted by Crippen LogP contribution is 2.26. The minimum Gasteiger partial charge on any atom is -0.416 e. The highest BCUT2D eigenvalue weighted by atomic mass is 35.5. The summed E-state index contributed by atoms with van der Waals surface area (Å²) in [6, 6.07) is 13.2. The number of halogens is 2. The van der Waals surface area contributed by atoms with Crippen molar-refractivity contribution in [1.29, 1.82) is 0 Å². The zero-order chi connectivity index (χ0) is 13.2. The van der Waals surface area contributed by atoms with Crippen molar-refractivity contribution in [2.24, 2.45) is 0 Å². The van der Waals surface area contributed by atoms with E-state index in [1.165, 1.54) is 6.07 Å². The van der Waals surface area contributed by atoms with Crippen molar-refractivity contribution in [3.8, 4) is 22.9 Å². The van der Waals surface area contributed by atoms with Gasteiger partial charge in [0.15, 0.2) is 0 Å². The highest BCUT2D eigenvalue weighted by Gasteiger charge is 2.13. The van der Waals surface area contributed by atoms with Gasteiger partial charge in [-0.05, 0) is 36.4 Å². The van der Waals surface area contributed by atoms with Crippen LogP contribution in [-0.4, -0.2) is 10.2 Å². The molecule has 0 spiro atoms. The van der Waals surface area contributed by atoms with Crippen molar-refractivity contribution < 1.29 is 8.81 Å².